The summed E-state index contributed by atoms with van der Waals surface area (Å²) < 4.78 is 0. The molecule has 0 radical (unpaired) electrons. The van der Waals surface area contributed by atoms with Crippen molar-refractivity contribution in [3.8, 4) is 0 Å². The number of nitrogens with zero attached hydrogens (tertiary/aromatic N) is 5. The van der Waals surface area contributed by atoms with E-state index in [-0.39, 0.29) is 0 Å². The van der Waals surface area contributed by atoms with Gasteiger partial charge in [-0.1, -0.05) is 6.07 Å². The summed E-state index contributed by atoms with van der Waals surface area (Å²) >= 11 is 0. The fourth-order valence-electron chi connectivity index (χ4n) is 2.93. The molecule has 6 heteroatoms. The van der Waals surface area contributed by atoms with Gasteiger partial charge in [-0.05, 0) is 31.9 Å². The summed E-state index contributed by atoms with van der Waals surface area (Å²) in [4.78, 5) is 18.2. The van der Waals surface area contributed by atoms with Crippen molar-refractivity contribution in [2.24, 2.45) is 0 Å². The van der Waals surface area contributed by atoms with Crippen LogP contribution in [0.15, 0.2) is 30.5 Å². The standard InChI is InChI=1S/C17H22N6/c1-13-19-15(21-14-5-6-14)12-17(20-13)23-10-8-22(9-11-23)16-4-2-3-7-18-16/h2-4,7,12,14H,5-6,8-11H2,1H3,(H,19,20,21). The SMILES string of the molecule is Cc1nc(NC2CC2)cc(N2CCN(c3ccccn3)CC2)n1. The lowest BCUT2D eigenvalue weighted by atomic mass is 10.3. The molecule has 0 unspecified atom stereocenters. The molecular formula is C17H22N6. The molecular weight excluding hydrogens is 288 g/mol. The third-order valence-corrected chi connectivity index (χ3v) is 4.33. The number of piperazine rings is 1. The molecule has 1 aliphatic heterocycles. The van der Waals surface area contributed by atoms with Crippen LogP contribution in [0.25, 0.3) is 0 Å². The Morgan fingerprint density at radius 1 is 1.00 bits per heavy atom. The Morgan fingerprint density at radius 2 is 1.74 bits per heavy atom. The third-order valence-electron chi connectivity index (χ3n) is 4.33. The second kappa shape index (κ2) is 6.02. The van der Waals surface area contributed by atoms with Gasteiger partial charge in [-0.15, -0.1) is 0 Å². The first-order valence-electron chi connectivity index (χ1n) is 8.31. The van der Waals surface area contributed by atoms with Crippen molar-refractivity contribution < 1.29 is 0 Å². The Bertz CT molecular complexity index is 662. The topological polar surface area (TPSA) is 57.2 Å². The van der Waals surface area contributed by atoms with Crippen molar-refractivity contribution >= 4 is 17.5 Å². The van der Waals surface area contributed by atoms with E-state index in [1.807, 2.05) is 25.3 Å². The van der Waals surface area contributed by atoms with Gasteiger partial charge in [0.25, 0.3) is 0 Å². The summed E-state index contributed by atoms with van der Waals surface area (Å²) in [6.07, 6.45) is 4.35. The fraction of sp³-hybridized carbons (Fsp3) is 0.471. The van der Waals surface area contributed by atoms with Crippen LogP contribution in [0.5, 0.6) is 0 Å². The molecule has 2 aromatic rings. The van der Waals surface area contributed by atoms with E-state index in [2.05, 4.69) is 42.2 Å². The Hall–Kier alpha value is -2.37. The van der Waals surface area contributed by atoms with E-state index < -0.39 is 0 Å². The molecule has 120 valence electrons. The summed E-state index contributed by atoms with van der Waals surface area (Å²) in [5, 5.41) is 3.47. The van der Waals surface area contributed by atoms with Crippen LogP contribution in [-0.2, 0) is 0 Å². The minimum atomic E-state index is 0.609. The van der Waals surface area contributed by atoms with Crippen LogP contribution < -0.4 is 15.1 Å². The normalized spacial score (nSPS) is 18.1. The summed E-state index contributed by atoms with van der Waals surface area (Å²) in [5.74, 6) is 3.88. The molecule has 0 amide bonds. The predicted molar refractivity (Wildman–Crippen MR) is 92.1 cm³/mol. The quantitative estimate of drug-likeness (QED) is 0.933. The van der Waals surface area contributed by atoms with Crippen LogP contribution >= 0.6 is 0 Å². The van der Waals surface area contributed by atoms with Gasteiger partial charge < -0.3 is 15.1 Å². The lowest BCUT2D eigenvalue weighted by molar-refractivity contribution is 0.640. The number of hydrogen-bond acceptors (Lipinski definition) is 6. The molecule has 1 N–H and O–H groups in total. The molecule has 1 saturated carbocycles. The summed E-state index contributed by atoms with van der Waals surface area (Å²) in [6.45, 7) is 5.80. The van der Waals surface area contributed by atoms with Crippen LogP contribution in [-0.4, -0.2) is 47.2 Å². The fourth-order valence-corrected chi connectivity index (χ4v) is 2.93. The number of aryl methyl sites for hydroxylation is 1. The molecule has 4 rings (SSSR count). The van der Waals surface area contributed by atoms with Crippen molar-refractivity contribution in [2.45, 2.75) is 25.8 Å². The smallest absolute Gasteiger partial charge is 0.134 e. The highest BCUT2D eigenvalue weighted by atomic mass is 15.3. The van der Waals surface area contributed by atoms with E-state index in [9.17, 15) is 0 Å². The molecule has 0 spiro atoms. The van der Waals surface area contributed by atoms with E-state index in [4.69, 9.17) is 0 Å². The molecule has 1 saturated heterocycles. The Kier molecular flexibility index (Phi) is 3.73. The van der Waals surface area contributed by atoms with Gasteiger partial charge in [0, 0.05) is 44.5 Å². The monoisotopic (exact) mass is 310 g/mol. The number of anilines is 3. The van der Waals surface area contributed by atoms with Gasteiger partial charge in [0.05, 0.1) is 0 Å². The molecule has 6 nitrogen and oxygen atoms in total. The number of aromatic nitrogens is 3. The summed E-state index contributed by atoms with van der Waals surface area (Å²) in [7, 11) is 0. The van der Waals surface area contributed by atoms with Crippen LogP contribution in [0.4, 0.5) is 17.5 Å². The Balaban J connectivity index is 1.44. The highest BCUT2D eigenvalue weighted by Gasteiger charge is 2.23. The van der Waals surface area contributed by atoms with E-state index in [0.717, 1.165) is 49.5 Å². The highest BCUT2D eigenvalue weighted by Crippen LogP contribution is 2.26. The minimum absolute atomic E-state index is 0.609. The average Bonchev–Trinajstić information content (AvgIpc) is 3.39. The first-order valence-corrected chi connectivity index (χ1v) is 8.31. The molecule has 2 aromatic heterocycles. The van der Waals surface area contributed by atoms with Crippen LogP contribution in [0.1, 0.15) is 18.7 Å². The molecule has 0 aromatic carbocycles. The van der Waals surface area contributed by atoms with Gasteiger partial charge in [0.1, 0.15) is 23.3 Å². The molecule has 0 bridgehead atoms. The van der Waals surface area contributed by atoms with Crippen LogP contribution in [0, 0.1) is 6.92 Å². The molecule has 2 aliphatic rings. The largest absolute Gasteiger partial charge is 0.367 e. The minimum Gasteiger partial charge on any atom is -0.367 e. The second-order valence-electron chi connectivity index (χ2n) is 6.24. The molecule has 23 heavy (non-hydrogen) atoms. The Labute approximate surface area is 136 Å². The second-order valence-corrected chi connectivity index (χ2v) is 6.24. The summed E-state index contributed by atoms with van der Waals surface area (Å²) in [5.41, 5.74) is 0. The first-order chi connectivity index (χ1) is 11.3. The number of nitrogens with one attached hydrogen (secondary N) is 1. The maximum atomic E-state index is 4.62. The van der Waals surface area contributed by atoms with E-state index in [1.54, 1.807) is 0 Å². The van der Waals surface area contributed by atoms with Gasteiger partial charge in [-0.25, -0.2) is 15.0 Å². The van der Waals surface area contributed by atoms with Gasteiger partial charge in [0.15, 0.2) is 0 Å². The first kappa shape index (κ1) is 14.2. The van der Waals surface area contributed by atoms with E-state index in [0.29, 0.717) is 6.04 Å². The maximum absolute atomic E-state index is 4.62. The van der Waals surface area contributed by atoms with Crippen molar-refractivity contribution in [1.82, 2.24) is 15.0 Å². The number of pyridine rings is 1. The zero-order chi connectivity index (χ0) is 15.6. The van der Waals surface area contributed by atoms with E-state index >= 15 is 0 Å². The zero-order valence-electron chi connectivity index (χ0n) is 13.4. The van der Waals surface area contributed by atoms with Crippen LogP contribution in [0.3, 0.4) is 0 Å². The van der Waals surface area contributed by atoms with Crippen molar-refractivity contribution in [2.75, 3.05) is 41.3 Å². The predicted octanol–water partition coefficient (Wildman–Crippen LogP) is 2.08. The number of rotatable bonds is 4. The maximum Gasteiger partial charge on any atom is 0.134 e. The van der Waals surface area contributed by atoms with Gasteiger partial charge >= 0.3 is 0 Å². The third kappa shape index (κ3) is 3.36. The average molecular weight is 310 g/mol. The van der Waals surface area contributed by atoms with Gasteiger partial charge in [-0.3, -0.25) is 0 Å². The summed E-state index contributed by atoms with van der Waals surface area (Å²) in [6, 6.07) is 8.76. The van der Waals surface area contributed by atoms with Crippen molar-refractivity contribution in [3.63, 3.8) is 0 Å². The van der Waals surface area contributed by atoms with Crippen LogP contribution in [0.2, 0.25) is 0 Å². The van der Waals surface area contributed by atoms with E-state index in [1.165, 1.54) is 12.8 Å². The molecule has 1 aliphatic carbocycles. The zero-order valence-corrected chi connectivity index (χ0v) is 13.4. The molecule has 3 heterocycles. The lowest BCUT2D eigenvalue weighted by Crippen LogP contribution is -2.47. The highest BCUT2D eigenvalue weighted by molar-refractivity contribution is 5.52. The lowest BCUT2D eigenvalue weighted by Gasteiger charge is -2.36. The molecule has 2 fully saturated rings. The Morgan fingerprint density at radius 3 is 2.39 bits per heavy atom. The number of hydrogen-bond donors (Lipinski definition) is 1. The van der Waals surface area contributed by atoms with Gasteiger partial charge in [0.2, 0.25) is 0 Å². The van der Waals surface area contributed by atoms with Crippen molar-refractivity contribution in [1.29, 1.82) is 0 Å². The molecule has 0 atom stereocenters. The van der Waals surface area contributed by atoms with Gasteiger partial charge in [-0.2, -0.15) is 0 Å². The van der Waals surface area contributed by atoms with Crippen molar-refractivity contribution in [3.05, 3.63) is 36.3 Å².